The van der Waals surface area contributed by atoms with Crippen LogP contribution in [0.5, 0.6) is 17.4 Å². The molecule has 0 atom stereocenters. The van der Waals surface area contributed by atoms with E-state index in [4.69, 9.17) is 9.47 Å². The number of methoxy groups -OCH3 is 1. The molecule has 2 aromatic carbocycles. The largest absolute Gasteiger partial charge is 0.496 e. The molecule has 3 amide bonds. The summed E-state index contributed by atoms with van der Waals surface area (Å²) in [6.45, 7) is 0. The number of amides is 3. The number of carbonyl (C=O) groups is 2. The number of carbonyl (C=O) groups excluding carboxylic acids is 2. The lowest BCUT2D eigenvalue weighted by Crippen LogP contribution is -2.22. The number of aromatic nitrogens is 3. The molecule has 4 aromatic rings. The topological polar surface area (TPSA) is 119 Å². The van der Waals surface area contributed by atoms with E-state index in [-0.39, 0.29) is 11.8 Å². The summed E-state index contributed by atoms with van der Waals surface area (Å²) in [5.74, 6) is 0.988. The normalized spacial score (nSPS) is 10.5. The van der Waals surface area contributed by atoms with E-state index in [0.29, 0.717) is 38.8 Å². The second kappa shape index (κ2) is 9.49. The molecule has 0 aliphatic rings. The van der Waals surface area contributed by atoms with Gasteiger partial charge in [-0.05, 0) is 30.3 Å². The summed E-state index contributed by atoms with van der Waals surface area (Å²) in [5, 5.41) is 8.21. The lowest BCUT2D eigenvalue weighted by atomic mass is 10.1. The van der Waals surface area contributed by atoms with Crippen LogP contribution in [0, 0.1) is 0 Å². The average molecular weight is 465 g/mol. The van der Waals surface area contributed by atoms with Gasteiger partial charge in [0.2, 0.25) is 5.88 Å². The van der Waals surface area contributed by atoms with Gasteiger partial charge in [-0.1, -0.05) is 0 Å². The van der Waals surface area contributed by atoms with Crippen LogP contribution < -0.4 is 20.1 Å². The first-order valence-corrected chi connectivity index (χ1v) is 10.6. The lowest BCUT2D eigenvalue weighted by Gasteiger charge is -2.15. The molecule has 11 heteroatoms. The van der Waals surface area contributed by atoms with Crippen molar-refractivity contribution in [2.24, 2.45) is 0 Å². The summed E-state index contributed by atoms with van der Waals surface area (Å²) in [6, 6.07) is 9.73. The van der Waals surface area contributed by atoms with Gasteiger partial charge in [-0.2, -0.15) is 0 Å². The Morgan fingerprint density at radius 2 is 1.82 bits per heavy atom. The van der Waals surface area contributed by atoms with Crippen molar-refractivity contribution in [2.45, 2.75) is 0 Å². The van der Waals surface area contributed by atoms with Crippen LogP contribution in [0.4, 0.5) is 15.6 Å². The monoisotopic (exact) mass is 464 g/mol. The zero-order valence-corrected chi connectivity index (χ0v) is 18.8. The maximum Gasteiger partial charge on any atom is 0.325 e. The molecule has 10 nitrogen and oxygen atoms in total. The van der Waals surface area contributed by atoms with Crippen LogP contribution in [-0.4, -0.2) is 53.0 Å². The van der Waals surface area contributed by atoms with Gasteiger partial charge in [0.1, 0.15) is 17.8 Å². The summed E-state index contributed by atoms with van der Waals surface area (Å²) >= 11 is 1.33. The van der Waals surface area contributed by atoms with Crippen molar-refractivity contribution < 1.29 is 19.1 Å². The fraction of sp³-hybridized carbons (Fsp3) is 0.136. The second-order valence-electron chi connectivity index (χ2n) is 6.99. The average Bonchev–Trinajstić information content (AvgIpc) is 3.32. The predicted octanol–water partition coefficient (Wildman–Crippen LogP) is 4.23. The van der Waals surface area contributed by atoms with Crippen molar-refractivity contribution in [3.05, 3.63) is 59.9 Å². The number of fused-ring (bicyclic) bond motifs is 1. The standard InChI is InChI=1S/C22H20N6O4S/c1-28(2)20(29)16-10-15-17(11-18(16)31-3)24-12-25-19(15)32-14-6-4-13(5-7-14)26-21(30)27-22-23-8-9-33-22/h4-12H,1-3H3,(H2,23,26,27,30). The van der Waals surface area contributed by atoms with E-state index in [1.807, 2.05) is 0 Å². The minimum absolute atomic E-state index is 0.213. The molecule has 2 aromatic heterocycles. The Hall–Kier alpha value is -4.25. The minimum atomic E-state index is -0.396. The SMILES string of the molecule is COc1cc2ncnc(Oc3ccc(NC(=O)Nc4nccs4)cc3)c2cc1C(=O)N(C)C. The zero-order chi connectivity index (χ0) is 23.4. The summed E-state index contributed by atoms with van der Waals surface area (Å²) in [5.41, 5.74) is 1.53. The molecular formula is C22H20N6O4S. The molecule has 0 aliphatic carbocycles. The first-order valence-electron chi connectivity index (χ1n) is 9.74. The van der Waals surface area contributed by atoms with E-state index in [0.717, 1.165) is 0 Å². The van der Waals surface area contributed by atoms with Crippen LogP contribution in [0.1, 0.15) is 10.4 Å². The molecular weight excluding hydrogens is 444 g/mol. The first kappa shape index (κ1) is 22.0. The highest BCUT2D eigenvalue weighted by Crippen LogP contribution is 2.32. The van der Waals surface area contributed by atoms with Crippen LogP contribution in [-0.2, 0) is 0 Å². The van der Waals surface area contributed by atoms with Gasteiger partial charge in [0.25, 0.3) is 5.91 Å². The van der Waals surface area contributed by atoms with Crippen molar-refractivity contribution in [3.8, 4) is 17.4 Å². The van der Waals surface area contributed by atoms with Crippen LogP contribution >= 0.6 is 11.3 Å². The smallest absolute Gasteiger partial charge is 0.325 e. The number of anilines is 2. The minimum Gasteiger partial charge on any atom is -0.496 e. The predicted molar refractivity (Wildman–Crippen MR) is 125 cm³/mol. The number of nitrogens with zero attached hydrogens (tertiary/aromatic N) is 4. The van der Waals surface area contributed by atoms with Crippen LogP contribution in [0.2, 0.25) is 0 Å². The van der Waals surface area contributed by atoms with Crippen LogP contribution in [0.3, 0.4) is 0 Å². The highest BCUT2D eigenvalue weighted by atomic mass is 32.1. The summed E-state index contributed by atoms with van der Waals surface area (Å²) in [7, 11) is 4.83. The Kier molecular flexibility index (Phi) is 6.31. The number of thiazole rings is 1. The molecule has 0 bridgehead atoms. The third kappa shape index (κ3) is 4.99. The lowest BCUT2D eigenvalue weighted by molar-refractivity contribution is 0.0824. The fourth-order valence-corrected chi connectivity index (χ4v) is 3.51. The van der Waals surface area contributed by atoms with Crippen molar-refractivity contribution in [1.82, 2.24) is 19.9 Å². The highest BCUT2D eigenvalue weighted by molar-refractivity contribution is 7.13. The number of urea groups is 1. The summed E-state index contributed by atoms with van der Waals surface area (Å²) < 4.78 is 11.3. The van der Waals surface area contributed by atoms with E-state index in [9.17, 15) is 9.59 Å². The number of rotatable bonds is 6. The zero-order valence-electron chi connectivity index (χ0n) is 18.0. The van der Waals surface area contributed by atoms with Gasteiger partial charge >= 0.3 is 6.03 Å². The number of nitrogens with one attached hydrogen (secondary N) is 2. The Morgan fingerprint density at radius 1 is 1.03 bits per heavy atom. The molecule has 0 aliphatic heterocycles. The molecule has 2 N–H and O–H groups in total. The van der Waals surface area contributed by atoms with Gasteiger partial charge in [-0.3, -0.25) is 10.1 Å². The maximum absolute atomic E-state index is 12.6. The third-order valence-electron chi connectivity index (χ3n) is 4.54. The van der Waals surface area contributed by atoms with E-state index >= 15 is 0 Å². The quantitative estimate of drug-likeness (QED) is 0.438. The number of benzene rings is 2. The Labute approximate surface area is 193 Å². The molecule has 0 spiro atoms. The van der Waals surface area contributed by atoms with Gasteiger partial charge in [-0.25, -0.2) is 19.7 Å². The van der Waals surface area contributed by atoms with Gasteiger partial charge in [-0.15, -0.1) is 11.3 Å². The van der Waals surface area contributed by atoms with E-state index in [1.165, 1.54) is 29.7 Å². The Balaban J connectivity index is 1.55. The summed E-state index contributed by atoms with van der Waals surface area (Å²) in [6.07, 6.45) is 2.99. The number of hydrogen-bond acceptors (Lipinski definition) is 8. The Morgan fingerprint density at radius 3 is 2.48 bits per heavy atom. The molecule has 0 unspecified atom stereocenters. The third-order valence-corrected chi connectivity index (χ3v) is 5.22. The van der Waals surface area contributed by atoms with E-state index < -0.39 is 6.03 Å². The van der Waals surface area contributed by atoms with Gasteiger partial charge < -0.3 is 19.7 Å². The second-order valence-corrected chi connectivity index (χ2v) is 7.89. The fourth-order valence-electron chi connectivity index (χ4n) is 2.98. The van der Waals surface area contributed by atoms with Crippen molar-refractivity contribution in [3.63, 3.8) is 0 Å². The number of hydrogen-bond donors (Lipinski definition) is 2. The molecule has 4 rings (SSSR count). The molecule has 0 saturated heterocycles. The highest BCUT2D eigenvalue weighted by Gasteiger charge is 2.18. The molecule has 168 valence electrons. The Bertz CT molecular complexity index is 1290. The van der Waals surface area contributed by atoms with Gasteiger partial charge in [0.15, 0.2) is 5.13 Å². The maximum atomic E-state index is 12.6. The number of ether oxygens (including phenoxy) is 2. The van der Waals surface area contributed by atoms with E-state index in [2.05, 4.69) is 25.6 Å². The molecule has 33 heavy (non-hydrogen) atoms. The van der Waals surface area contributed by atoms with Crippen LogP contribution in [0.25, 0.3) is 10.9 Å². The molecule has 0 fully saturated rings. The van der Waals surface area contributed by atoms with Crippen molar-refractivity contribution in [1.29, 1.82) is 0 Å². The van der Waals surface area contributed by atoms with Crippen molar-refractivity contribution >= 4 is 45.0 Å². The molecule has 2 heterocycles. The van der Waals surface area contributed by atoms with Crippen molar-refractivity contribution in [2.75, 3.05) is 31.8 Å². The first-order chi connectivity index (χ1) is 15.9. The summed E-state index contributed by atoms with van der Waals surface area (Å²) in [4.78, 5) is 38.6. The molecule has 0 radical (unpaired) electrons. The van der Waals surface area contributed by atoms with Crippen LogP contribution in [0.15, 0.2) is 54.3 Å². The molecule has 0 saturated carbocycles. The van der Waals surface area contributed by atoms with E-state index in [1.54, 1.807) is 62.1 Å². The van der Waals surface area contributed by atoms with Gasteiger partial charge in [0.05, 0.1) is 23.6 Å². The van der Waals surface area contributed by atoms with Gasteiger partial charge in [0, 0.05) is 37.4 Å².